The van der Waals surface area contributed by atoms with E-state index in [9.17, 15) is 0 Å². The van der Waals surface area contributed by atoms with Gasteiger partial charge >= 0.3 is 0 Å². The number of rotatable bonds is 0. The van der Waals surface area contributed by atoms with Gasteiger partial charge in [-0.2, -0.15) is 0 Å². The largest absolute Gasteiger partial charge is 0.249 e. The van der Waals surface area contributed by atoms with Crippen molar-refractivity contribution in [2.24, 2.45) is 4.99 Å². The van der Waals surface area contributed by atoms with Crippen LogP contribution < -0.4 is 10.6 Å². The Morgan fingerprint density at radius 3 is 2.57 bits per heavy atom. The highest BCUT2D eigenvalue weighted by Crippen LogP contribution is 2.19. The quantitative estimate of drug-likeness (QED) is 0.670. The summed E-state index contributed by atoms with van der Waals surface area (Å²) in [6, 6.07) is 2.11. The normalized spacial score (nSPS) is 14.3. The molecule has 0 saturated carbocycles. The molecule has 72 valence electrons. The lowest BCUT2D eigenvalue weighted by Gasteiger charge is -2.02. The molecule has 1 aliphatic heterocycles. The Balaban J connectivity index is 3.06. The van der Waals surface area contributed by atoms with E-state index in [1.165, 1.54) is 26.4 Å². The standard InChI is InChI=1S/C12H12BrN/c1-6-5-10-11(8(3)12(6)13)7(2)9(4)14-10/h5H,4H2,1-3H3. The van der Waals surface area contributed by atoms with Crippen LogP contribution >= 0.6 is 15.9 Å². The van der Waals surface area contributed by atoms with Gasteiger partial charge in [-0.15, -0.1) is 0 Å². The van der Waals surface area contributed by atoms with Gasteiger partial charge in [0, 0.05) is 9.69 Å². The summed E-state index contributed by atoms with van der Waals surface area (Å²) < 4.78 is 1.18. The first-order valence-corrected chi connectivity index (χ1v) is 5.36. The van der Waals surface area contributed by atoms with E-state index >= 15 is 0 Å². The minimum Gasteiger partial charge on any atom is -0.249 e. The van der Waals surface area contributed by atoms with Crippen LogP contribution in [-0.4, -0.2) is 0 Å². The minimum atomic E-state index is 0.889. The van der Waals surface area contributed by atoms with Crippen LogP contribution in [0.2, 0.25) is 0 Å². The number of aryl methyl sites for hydroxylation is 1. The zero-order chi connectivity index (χ0) is 10.5. The van der Waals surface area contributed by atoms with Crippen molar-refractivity contribution in [2.45, 2.75) is 20.8 Å². The molecule has 0 amide bonds. The Morgan fingerprint density at radius 1 is 1.29 bits per heavy atom. The zero-order valence-electron chi connectivity index (χ0n) is 8.61. The van der Waals surface area contributed by atoms with Gasteiger partial charge in [0.05, 0.1) is 11.1 Å². The van der Waals surface area contributed by atoms with E-state index in [0.29, 0.717) is 0 Å². The Bertz CT molecular complexity index is 553. The molecule has 0 bridgehead atoms. The summed E-state index contributed by atoms with van der Waals surface area (Å²) in [4.78, 5) is 4.44. The molecule has 14 heavy (non-hydrogen) atoms. The second-order valence-electron chi connectivity index (χ2n) is 3.71. The van der Waals surface area contributed by atoms with Crippen molar-refractivity contribution in [1.82, 2.24) is 0 Å². The maximum absolute atomic E-state index is 4.44. The van der Waals surface area contributed by atoms with Crippen LogP contribution in [-0.2, 0) is 0 Å². The summed E-state index contributed by atoms with van der Waals surface area (Å²) in [7, 11) is 0. The third-order valence-corrected chi connectivity index (χ3v) is 3.94. The second-order valence-corrected chi connectivity index (χ2v) is 4.50. The molecule has 1 aromatic rings. The zero-order valence-corrected chi connectivity index (χ0v) is 10.2. The Hall–Kier alpha value is -0.890. The van der Waals surface area contributed by atoms with E-state index in [1.807, 2.05) is 0 Å². The fraction of sp³-hybridized carbons (Fsp3) is 0.250. The molecule has 1 nitrogen and oxygen atoms in total. The van der Waals surface area contributed by atoms with Crippen molar-refractivity contribution < 1.29 is 0 Å². The molecular weight excluding hydrogens is 238 g/mol. The molecule has 0 spiro atoms. The number of halogens is 1. The number of hydrogen-bond donors (Lipinski definition) is 0. The highest BCUT2D eigenvalue weighted by Gasteiger charge is 2.11. The molecule has 0 atom stereocenters. The summed E-state index contributed by atoms with van der Waals surface area (Å²) in [6.07, 6.45) is 0. The summed E-state index contributed by atoms with van der Waals surface area (Å²) in [5.41, 5.74) is 4.58. The van der Waals surface area contributed by atoms with Crippen LogP contribution in [0, 0.1) is 13.8 Å². The van der Waals surface area contributed by atoms with Gasteiger partial charge in [0.1, 0.15) is 0 Å². The molecule has 1 aliphatic rings. The fourth-order valence-corrected chi connectivity index (χ4v) is 2.19. The molecule has 1 heterocycles. The Labute approximate surface area is 92.0 Å². The van der Waals surface area contributed by atoms with Crippen LogP contribution in [0.1, 0.15) is 18.1 Å². The van der Waals surface area contributed by atoms with Gasteiger partial charge in [0.15, 0.2) is 0 Å². The van der Waals surface area contributed by atoms with Crippen molar-refractivity contribution >= 4 is 21.5 Å². The average molecular weight is 250 g/mol. The summed E-state index contributed by atoms with van der Waals surface area (Å²) >= 11 is 3.60. The fourth-order valence-electron chi connectivity index (χ4n) is 1.87. The summed E-state index contributed by atoms with van der Waals surface area (Å²) in [6.45, 7) is 10.2. The number of hydrogen-bond acceptors (Lipinski definition) is 1. The molecule has 0 fully saturated rings. The van der Waals surface area contributed by atoms with Gasteiger partial charge in [-0.1, -0.05) is 22.5 Å². The van der Waals surface area contributed by atoms with E-state index in [0.717, 1.165) is 11.1 Å². The first-order valence-electron chi connectivity index (χ1n) is 4.57. The third-order valence-electron chi connectivity index (χ3n) is 2.72. The molecule has 0 saturated heterocycles. The topological polar surface area (TPSA) is 12.4 Å². The average Bonchev–Trinajstić information content (AvgIpc) is 2.39. The van der Waals surface area contributed by atoms with Gasteiger partial charge in [-0.05, 0) is 43.5 Å². The van der Waals surface area contributed by atoms with Crippen molar-refractivity contribution in [1.29, 1.82) is 0 Å². The SMILES string of the molecule is C=C1N=c2cc(C)c(Br)c(C)c2=C1C. The predicted octanol–water partition coefficient (Wildman–Crippen LogP) is 2.38. The highest BCUT2D eigenvalue weighted by molar-refractivity contribution is 9.10. The van der Waals surface area contributed by atoms with Crippen molar-refractivity contribution in [2.75, 3.05) is 0 Å². The molecule has 0 aliphatic carbocycles. The van der Waals surface area contributed by atoms with Crippen molar-refractivity contribution in [3.05, 3.63) is 44.5 Å². The Kier molecular flexibility index (Phi) is 2.11. The van der Waals surface area contributed by atoms with Gasteiger partial charge in [-0.3, -0.25) is 0 Å². The van der Waals surface area contributed by atoms with Crippen LogP contribution in [0.4, 0.5) is 0 Å². The molecule has 0 N–H and O–H groups in total. The first-order chi connectivity index (χ1) is 6.52. The predicted molar refractivity (Wildman–Crippen MR) is 62.6 cm³/mol. The van der Waals surface area contributed by atoms with Crippen molar-refractivity contribution in [3.63, 3.8) is 0 Å². The van der Waals surface area contributed by atoms with E-state index in [1.54, 1.807) is 0 Å². The maximum atomic E-state index is 4.44. The third kappa shape index (κ3) is 1.17. The van der Waals surface area contributed by atoms with E-state index < -0.39 is 0 Å². The van der Waals surface area contributed by atoms with E-state index in [4.69, 9.17) is 0 Å². The van der Waals surface area contributed by atoms with Crippen LogP contribution in [0.3, 0.4) is 0 Å². The number of benzene rings is 1. The molecular formula is C12H12BrN. The molecule has 0 unspecified atom stereocenters. The lowest BCUT2D eigenvalue weighted by atomic mass is 10.1. The molecule has 1 aromatic carbocycles. The van der Waals surface area contributed by atoms with Crippen LogP contribution in [0.5, 0.6) is 0 Å². The monoisotopic (exact) mass is 249 g/mol. The first kappa shape index (κ1) is 9.66. The van der Waals surface area contributed by atoms with E-state index in [-0.39, 0.29) is 0 Å². The molecule has 0 radical (unpaired) electrons. The van der Waals surface area contributed by atoms with Gasteiger partial charge < -0.3 is 0 Å². The molecule has 2 heteroatoms. The Morgan fingerprint density at radius 2 is 1.93 bits per heavy atom. The summed E-state index contributed by atoms with van der Waals surface area (Å²) in [5.74, 6) is 0. The highest BCUT2D eigenvalue weighted by atomic mass is 79.9. The minimum absolute atomic E-state index is 0.889. The number of nitrogens with zero attached hydrogens (tertiary/aromatic N) is 1. The van der Waals surface area contributed by atoms with E-state index in [2.05, 4.69) is 54.3 Å². The lowest BCUT2D eigenvalue weighted by molar-refractivity contribution is 1.23. The van der Waals surface area contributed by atoms with Gasteiger partial charge in [0.2, 0.25) is 0 Å². The number of fused-ring (bicyclic) bond motifs is 1. The molecule has 2 rings (SSSR count). The lowest BCUT2D eigenvalue weighted by Crippen LogP contribution is -2.26. The summed E-state index contributed by atoms with van der Waals surface area (Å²) in [5, 5.41) is 2.30. The van der Waals surface area contributed by atoms with Crippen LogP contribution in [0.25, 0.3) is 5.57 Å². The van der Waals surface area contributed by atoms with Crippen LogP contribution in [0.15, 0.2) is 27.8 Å². The molecule has 0 aromatic heterocycles. The number of allylic oxidation sites excluding steroid dienone is 1. The van der Waals surface area contributed by atoms with Crippen molar-refractivity contribution in [3.8, 4) is 0 Å². The van der Waals surface area contributed by atoms with Gasteiger partial charge in [0.25, 0.3) is 0 Å². The van der Waals surface area contributed by atoms with Gasteiger partial charge in [-0.25, -0.2) is 4.99 Å². The smallest absolute Gasteiger partial charge is 0.0718 e. The maximum Gasteiger partial charge on any atom is 0.0718 e. The second kappa shape index (κ2) is 3.06.